The molecule has 15 heavy (non-hydrogen) atoms. The lowest BCUT2D eigenvalue weighted by atomic mass is 9.86. The average molecular weight is 212 g/mol. The lowest BCUT2D eigenvalue weighted by molar-refractivity contribution is 0.112. The van der Waals surface area contributed by atoms with Gasteiger partial charge in [-0.25, -0.2) is 0 Å². The van der Waals surface area contributed by atoms with Gasteiger partial charge in [-0.05, 0) is 51.2 Å². The first-order valence-electron chi connectivity index (χ1n) is 6.57. The van der Waals surface area contributed by atoms with Gasteiger partial charge in [0.2, 0.25) is 0 Å². The highest BCUT2D eigenvalue weighted by Gasteiger charge is 2.24. The summed E-state index contributed by atoms with van der Waals surface area (Å²) in [4.78, 5) is 2.68. The largest absolute Gasteiger partial charge is 0.318 e. The minimum atomic E-state index is 0.753. The van der Waals surface area contributed by atoms with Crippen LogP contribution in [0.3, 0.4) is 0 Å². The van der Waals surface area contributed by atoms with Gasteiger partial charge < -0.3 is 5.32 Å². The molecule has 1 N–H and O–H groups in total. The standard InChI is InChI=1S/C13H28N2/c1-5-13(10-14-4)15-8-6-12(7-9-15)11(2)3/h11-14H,5-10H2,1-4H3. The highest BCUT2D eigenvalue weighted by molar-refractivity contribution is 4.79. The zero-order chi connectivity index (χ0) is 11.3. The Morgan fingerprint density at radius 3 is 2.27 bits per heavy atom. The molecule has 0 aromatic carbocycles. The molecule has 1 rings (SSSR count). The van der Waals surface area contributed by atoms with Gasteiger partial charge in [-0.15, -0.1) is 0 Å². The molecule has 0 spiro atoms. The molecule has 90 valence electrons. The molecular weight excluding hydrogens is 184 g/mol. The van der Waals surface area contributed by atoms with Crippen LogP contribution in [0.5, 0.6) is 0 Å². The predicted molar refractivity (Wildman–Crippen MR) is 67.1 cm³/mol. The van der Waals surface area contributed by atoms with E-state index in [9.17, 15) is 0 Å². The van der Waals surface area contributed by atoms with Crippen LogP contribution in [-0.4, -0.2) is 37.6 Å². The highest BCUT2D eigenvalue weighted by atomic mass is 15.2. The quantitative estimate of drug-likeness (QED) is 0.752. The van der Waals surface area contributed by atoms with Crippen LogP contribution in [0, 0.1) is 11.8 Å². The van der Waals surface area contributed by atoms with E-state index in [0.29, 0.717) is 0 Å². The first-order chi connectivity index (χ1) is 7.19. The molecule has 1 unspecified atom stereocenters. The van der Waals surface area contributed by atoms with Crippen molar-refractivity contribution in [2.45, 2.75) is 46.1 Å². The summed E-state index contributed by atoms with van der Waals surface area (Å²) >= 11 is 0. The summed E-state index contributed by atoms with van der Waals surface area (Å²) in [5, 5.41) is 3.31. The number of hydrogen-bond acceptors (Lipinski definition) is 2. The molecule has 1 heterocycles. The van der Waals surface area contributed by atoms with Crippen molar-refractivity contribution < 1.29 is 0 Å². The summed E-state index contributed by atoms with van der Waals surface area (Å²) in [5.41, 5.74) is 0. The van der Waals surface area contributed by atoms with E-state index in [1.807, 2.05) is 0 Å². The van der Waals surface area contributed by atoms with E-state index < -0.39 is 0 Å². The van der Waals surface area contributed by atoms with Gasteiger partial charge in [0.25, 0.3) is 0 Å². The van der Waals surface area contributed by atoms with Gasteiger partial charge in [0, 0.05) is 12.6 Å². The highest BCUT2D eigenvalue weighted by Crippen LogP contribution is 2.25. The van der Waals surface area contributed by atoms with Gasteiger partial charge in [-0.1, -0.05) is 20.8 Å². The van der Waals surface area contributed by atoms with Crippen LogP contribution in [0.4, 0.5) is 0 Å². The zero-order valence-corrected chi connectivity index (χ0v) is 10.9. The Morgan fingerprint density at radius 2 is 1.87 bits per heavy atom. The SMILES string of the molecule is CCC(CNC)N1CCC(C(C)C)CC1. The minimum Gasteiger partial charge on any atom is -0.318 e. The maximum absolute atomic E-state index is 3.31. The lowest BCUT2D eigenvalue weighted by Crippen LogP contribution is -2.46. The average Bonchev–Trinajstić information content (AvgIpc) is 2.26. The van der Waals surface area contributed by atoms with Gasteiger partial charge in [0.15, 0.2) is 0 Å². The van der Waals surface area contributed by atoms with Crippen molar-refractivity contribution in [1.29, 1.82) is 0 Å². The van der Waals surface area contributed by atoms with Gasteiger partial charge >= 0.3 is 0 Å². The Bertz CT molecular complexity index is 160. The molecule has 0 radical (unpaired) electrons. The molecule has 1 atom stereocenters. The first kappa shape index (κ1) is 13.0. The molecule has 1 aliphatic rings. The summed E-state index contributed by atoms with van der Waals surface area (Å²) in [6.45, 7) is 10.8. The molecule has 0 aromatic rings. The van der Waals surface area contributed by atoms with Crippen LogP contribution in [0.1, 0.15) is 40.0 Å². The summed E-state index contributed by atoms with van der Waals surface area (Å²) < 4.78 is 0. The number of rotatable bonds is 5. The molecule has 1 saturated heterocycles. The maximum Gasteiger partial charge on any atom is 0.0217 e. The summed E-state index contributed by atoms with van der Waals surface area (Å²) in [6, 6.07) is 0.753. The van der Waals surface area contributed by atoms with Gasteiger partial charge in [0.1, 0.15) is 0 Å². The Morgan fingerprint density at radius 1 is 1.27 bits per heavy atom. The Labute approximate surface area is 95.4 Å². The van der Waals surface area contributed by atoms with E-state index >= 15 is 0 Å². The molecule has 0 bridgehead atoms. The molecule has 0 saturated carbocycles. The predicted octanol–water partition coefficient (Wildman–Crippen LogP) is 2.35. The van der Waals surface area contributed by atoms with E-state index in [-0.39, 0.29) is 0 Å². The summed E-state index contributed by atoms with van der Waals surface area (Å²) in [7, 11) is 2.06. The number of nitrogens with zero attached hydrogens (tertiary/aromatic N) is 1. The molecular formula is C13H28N2. The normalized spacial score (nSPS) is 22.2. The topological polar surface area (TPSA) is 15.3 Å². The van der Waals surface area contributed by atoms with E-state index in [0.717, 1.165) is 24.4 Å². The fourth-order valence-corrected chi connectivity index (χ4v) is 2.72. The van der Waals surface area contributed by atoms with Crippen molar-refractivity contribution >= 4 is 0 Å². The van der Waals surface area contributed by atoms with E-state index in [1.54, 1.807) is 0 Å². The minimum absolute atomic E-state index is 0.753. The Kier molecular flexibility index (Phi) is 5.62. The maximum atomic E-state index is 3.31. The van der Waals surface area contributed by atoms with E-state index in [4.69, 9.17) is 0 Å². The molecule has 0 amide bonds. The lowest BCUT2D eigenvalue weighted by Gasteiger charge is -2.38. The summed E-state index contributed by atoms with van der Waals surface area (Å²) in [6.07, 6.45) is 4.07. The van der Waals surface area contributed by atoms with Crippen molar-refractivity contribution in [3.05, 3.63) is 0 Å². The number of likely N-dealkylation sites (tertiary alicyclic amines) is 1. The van der Waals surface area contributed by atoms with E-state index in [1.165, 1.54) is 32.4 Å². The Balaban J connectivity index is 2.35. The fourth-order valence-electron chi connectivity index (χ4n) is 2.72. The van der Waals surface area contributed by atoms with Crippen molar-refractivity contribution in [2.24, 2.45) is 11.8 Å². The van der Waals surface area contributed by atoms with Crippen LogP contribution in [0.25, 0.3) is 0 Å². The third-order valence-electron chi connectivity index (χ3n) is 3.94. The molecule has 2 nitrogen and oxygen atoms in total. The number of piperidine rings is 1. The van der Waals surface area contributed by atoms with Crippen LogP contribution in [0.15, 0.2) is 0 Å². The van der Waals surface area contributed by atoms with Crippen LogP contribution < -0.4 is 5.32 Å². The number of likely N-dealkylation sites (N-methyl/N-ethyl adjacent to an activating group) is 1. The summed E-state index contributed by atoms with van der Waals surface area (Å²) in [5.74, 6) is 1.84. The van der Waals surface area contributed by atoms with E-state index in [2.05, 4.69) is 38.0 Å². The van der Waals surface area contributed by atoms with Crippen LogP contribution in [0.2, 0.25) is 0 Å². The molecule has 1 aliphatic heterocycles. The van der Waals surface area contributed by atoms with Crippen LogP contribution in [-0.2, 0) is 0 Å². The second-order valence-corrected chi connectivity index (χ2v) is 5.24. The third-order valence-corrected chi connectivity index (χ3v) is 3.94. The number of hydrogen-bond donors (Lipinski definition) is 1. The third kappa shape index (κ3) is 3.76. The van der Waals surface area contributed by atoms with Crippen molar-refractivity contribution in [3.63, 3.8) is 0 Å². The molecule has 1 fully saturated rings. The van der Waals surface area contributed by atoms with Gasteiger partial charge in [0.05, 0.1) is 0 Å². The molecule has 0 aliphatic carbocycles. The molecule has 2 heteroatoms. The second-order valence-electron chi connectivity index (χ2n) is 5.24. The second kappa shape index (κ2) is 6.49. The molecule has 0 aromatic heterocycles. The Hall–Kier alpha value is -0.0800. The zero-order valence-electron chi connectivity index (χ0n) is 10.9. The fraction of sp³-hybridized carbons (Fsp3) is 1.00. The number of nitrogens with one attached hydrogen (secondary N) is 1. The monoisotopic (exact) mass is 212 g/mol. The van der Waals surface area contributed by atoms with Crippen molar-refractivity contribution in [1.82, 2.24) is 10.2 Å². The van der Waals surface area contributed by atoms with Gasteiger partial charge in [-0.2, -0.15) is 0 Å². The van der Waals surface area contributed by atoms with Gasteiger partial charge in [-0.3, -0.25) is 4.90 Å². The van der Waals surface area contributed by atoms with Crippen LogP contribution >= 0.6 is 0 Å². The smallest absolute Gasteiger partial charge is 0.0217 e. The first-order valence-corrected chi connectivity index (χ1v) is 6.57. The van der Waals surface area contributed by atoms with Crippen molar-refractivity contribution in [2.75, 3.05) is 26.7 Å². The van der Waals surface area contributed by atoms with Crippen molar-refractivity contribution in [3.8, 4) is 0 Å².